The van der Waals surface area contributed by atoms with Crippen LogP contribution < -0.4 is 0 Å². The van der Waals surface area contributed by atoms with Gasteiger partial charge in [0.25, 0.3) is 0 Å². The monoisotopic (exact) mass is 266 g/mol. The maximum Gasteiger partial charge on any atom is 0.152 e. The Morgan fingerprint density at radius 1 is 1.10 bits per heavy atom. The van der Waals surface area contributed by atoms with E-state index in [4.69, 9.17) is 8.83 Å². The number of benzene rings is 1. The zero-order valence-electron chi connectivity index (χ0n) is 11.3. The first-order valence-corrected chi connectivity index (χ1v) is 6.42. The number of carbonyl (C=O) groups is 1. The molecule has 2 aromatic heterocycles. The van der Waals surface area contributed by atoms with Crippen LogP contribution in [0.3, 0.4) is 0 Å². The second-order valence-corrected chi connectivity index (χ2v) is 4.69. The van der Waals surface area contributed by atoms with E-state index in [1.54, 1.807) is 6.08 Å². The van der Waals surface area contributed by atoms with Gasteiger partial charge in [0.15, 0.2) is 5.78 Å². The lowest BCUT2D eigenvalue weighted by Crippen LogP contribution is -1.80. The van der Waals surface area contributed by atoms with Crippen molar-refractivity contribution in [3.8, 4) is 11.3 Å². The van der Waals surface area contributed by atoms with Crippen molar-refractivity contribution in [1.29, 1.82) is 0 Å². The molecule has 3 nitrogen and oxygen atoms in total. The number of rotatable bonds is 3. The average Bonchev–Trinajstić information content (AvgIpc) is 2.99. The first-order valence-electron chi connectivity index (χ1n) is 6.42. The Hall–Kier alpha value is -2.55. The summed E-state index contributed by atoms with van der Waals surface area (Å²) in [6.45, 7) is 3.41. The first-order chi connectivity index (χ1) is 9.65. The Kier molecular flexibility index (Phi) is 3.03. The number of aryl methyl sites for hydroxylation is 1. The van der Waals surface area contributed by atoms with E-state index in [0.29, 0.717) is 5.76 Å². The predicted octanol–water partition coefficient (Wildman–Crippen LogP) is 4.60. The van der Waals surface area contributed by atoms with Gasteiger partial charge in [0.05, 0.1) is 5.56 Å². The molecule has 0 saturated carbocycles. The Labute approximate surface area is 116 Å². The van der Waals surface area contributed by atoms with Crippen molar-refractivity contribution >= 4 is 22.8 Å². The van der Waals surface area contributed by atoms with Crippen molar-refractivity contribution < 1.29 is 13.6 Å². The number of para-hydroxylation sites is 1. The summed E-state index contributed by atoms with van der Waals surface area (Å²) in [6.07, 6.45) is 3.19. The van der Waals surface area contributed by atoms with E-state index >= 15 is 0 Å². The lowest BCUT2D eigenvalue weighted by Gasteiger charge is -1.95. The zero-order valence-corrected chi connectivity index (χ0v) is 11.3. The Morgan fingerprint density at radius 3 is 2.60 bits per heavy atom. The molecule has 0 aliphatic carbocycles. The zero-order chi connectivity index (χ0) is 14.1. The average molecular weight is 266 g/mol. The van der Waals surface area contributed by atoms with Gasteiger partial charge in [-0.2, -0.15) is 0 Å². The minimum Gasteiger partial charge on any atom is -0.461 e. The van der Waals surface area contributed by atoms with Crippen LogP contribution in [-0.2, 0) is 4.79 Å². The van der Waals surface area contributed by atoms with E-state index in [0.717, 1.165) is 28.1 Å². The summed E-state index contributed by atoms with van der Waals surface area (Å²) in [6, 6.07) is 11.6. The highest BCUT2D eigenvalue weighted by Gasteiger charge is 2.16. The minimum atomic E-state index is -0.0213. The largest absolute Gasteiger partial charge is 0.461 e. The highest BCUT2D eigenvalue weighted by atomic mass is 16.4. The Bertz CT molecular complexity index is 803. The molecule has 3 aromatic rings. The van der Waals surface area contributed by atoms with Gasteiger partial charge >= 0.3 is 0 Å². The van der Waals surface area contributed by atoms with E-state index in [9.17, 15) is 4.79 Å². The van der Waals surface area contributed by atoms with E-state index in [2.05, 4.69) is 0 Å². The Balaban J connectivity index is 2.25. The molecule has 2 heterocycles. The quantitative estimate of drug-likeness (QED) is 0.650. The first kappa shape index (κ1) is 12.5. The number of hydrogen-bond acceptors (Lipinski definition) is 3. The summed E-state index contributed by atoms with van der Waals surface area (Å²) in [5, 5.41) is 0.977. The van der Waals surface area contributed by atoms with Crippen molar-refractivity contribution in [2.75, 3.05) is 0 Å². The van der Waals surface area contributed by atoms with Crippen LogP contribution in [0, 0.1) is 6.92 Å². The van der Waals surface area contributed by atoms with E-state index in [1.165, 1.54) is 13.0 Å². The summed E-state index contributed by atoms with van der Waals surface area (Å²) < 4.78 is 11.5. The van der Waals surface area contributed by atoms with Gasteiger partial charge in [-0.05, 0) is 44.2 Å². The molecular weight excluding hydrogens is 252 g/mol. The second-order valence-electron chi connectivity index (χ2n) is 4.69. The lowest BCUT2D eigenvalue weighted by molar-refractivity contribution is -0.112. The second kappa shape index (κ2) is 4.85. The van der Waals surface area contributed by atoms with Gasteiger partial charge in [0, 0.05) is 5.39 Å². The summed E-state index contributed by atoms with van der Waals surface area (Å²) >= 11 is 0. The predicted molar refractivity (Wildman–Crippen MR) is 78.4 cm³/mol. The van der Waals surface area contributed by atoms with Gasteiger partial charge in [-0.15, -0.1) is 0 Å². The normalized spacial score (nSPS) is 11.5. The van der Waals surface area contributed by atoms with Crippen molar-refractivity contribution in [3.63, 3.8) is 0 Å². The van der Waals surface area contributed by atoms with E-state index in [1.807, 2.05) is 43.3 Å². The van der Waals surface area contributed by atoms with Crippen LogP contribution in [0.15, 0.2) is 51.3 Å². The molecule has 100 valence electrons. The molecule has 0 fully saturated rings. The maximum absolute atomic E-state index is 11.1. The van der Waals surface area contributed by atoms with Crippen LogP contribution in [0.4, 0.5) is 0 Å². The molecule has 1 aromatic carbocycles. The molecule has 0 atom stereocenters. The van der Waals surface area contributed by atoms with Gasteiger partial charge in [-0.25, -0.2) is 0 Å². The fraction of sp³-hybridized carbons (Fsp3) is 0.118. The molecule has 0 unspecified atom stereocenters. The van der Waals surface area contributed by atoms with Crippen molar-refractivity contribution in [1.82, 2.24) is 0 Å². The third-order valence-electron chi connectivity index (χ3n) is 3.08. The SMILES string of the molecule is CC(=O)/C=C\c1oc2ccccc2c1-c1ccc(C)o1. The number of hydrogen-bond donors (Lipinski definition) is 0. The fourth-order valence-electron chi connectivity index (χ4n) is 2.20. The van der Waals surface area contributed by atoms with Gasteiger partial charge in [0.1, 0.15) is 22.9 Å². The fourth-order valence-corrected chi connectivity index (χ4v) is 2.20. The van der Waals surface area contributed by atoms with Crippen LogP contribution in [0.25, 0.3) is 28.4 Å². The highest BCUT2D eigenvalue weighted by Crippen LogP contribution is 2.36. The molecular formula is C17H14O3. The summed E-state index contributed by atoms with van der Waals surface area (Å²) in [7, 11) is 0. The standard InChI is InChI=1S/C17H14O3/c1-11(18)7-9-16-17(15-10-8-12(2)19-15)13-5-3-4-6-14(13)20-16/h3-10H,1-2H3/b9-7-. The van der Waals surface area contributed by atoms with Gasteiger partial charge in [-0.3, -0.25) is 4.79 Å². The molecule has 0 N–H and O–H groups in total. The number of ketones is 1. The topological polar surface area (TPSA) is 43.4 Å². The molecule has 0 spiro atoms. The minimum absolute atomic E-state index is 0.0213. The lowest BCUT2D eigenvalue weighted by atomic mass is 10.1. The molecule has 0 saturated heterocycles. The number of fused-ring (bicyclic) bond motifs is 1. The van der Waals surface area contributed by atoms with Crippen LogP contribution in [0.5, 0.6) is 0 Å². The third kappa shape index (κ3) is 2.18. The smallest absolute Gasteiger partial charge is 0.152 e. The van der Waals surface area contributed by atoms with Crippen molar-refractivity contribution in [2.45, 2.75) is 13.8 Å². The number of allylic oxidation sites excluding steroid dienone is 1. The molecule has 20 heavy (non-hydrogen) atoms. The number of furan rings is 2. The van der Waals surface area contributed by atoms with E-state index < -0.39 is 0 Å². The van der Waals surface area contributed by atoms with Gasteiger partial charge in [-0.1, -0.05) is 18.2 Å². The third-order valence-corrected chi connectivity index (χ3v) is 3.08. The molecule has 3 rings (SSSR count). The summed E-state index contributed by atoms with van der Waals surface area (Å²) in [5.41, 5.74) is 1.66. The number of carbonyl (C=O) groups excluding carboxylic acids is 1. The van der Waals surface area contributed by atoms with Crippen LogP contribution >= 0.6 is 0 Å². The van der Waals surface area contributed by atoms with Crippen LogP contribution in [0.1, 0.15) is 18.4 Å². The van der Waals surface area contributed by atoms with E-state index in [-0.39, 0.29) is 5.78 Å². The molecule has 3 heteroatoms. The highest BCUT2D eigenvalue weighted by molar-refractivity contribution is 5.99. The molecule has 0 radical (unpaired) electrons. The molecule has 0 aliphatic heterocycles. The van der Waals surface area contributed by atoms with Crippen LogP contribution in [-0.4, -0.2) is 5.78 Å². The van der Waals surface area contributed by atoms with Crippen molar-refractivity contribution in [3.05, 3.63) is 54.0 Å². The molecule has 0 amide bonds. The van der Waals surface area contributed by atoms with Gasteiger partial charge in [0.2, 0.25) is 0 Å². The summed E-state index contributed by atoms with van der Waals surface area (Å²) in [4.78, 5) is 11.1. The maximum atomic E-state index is 11.1. The molecule has 0 aliphatic rings. The Morgan fingerprint density at radius 2 is 1.90 bits per heavy atom. The van der Waals surface area contributed by atoms with Crippen LogP contribution in [0.2, 0.25) is 0 Å². The summed E-state index contributed by atoms with van der Waals surface area (Å²) in [5.74, 6) is 2.20. The van der Waals surface area contributed by atoms with Crippen molar-refractivity contribution in [2.24, 2.45) is 0 Å². The molecule has 0 bridgehead atoms. The van der Waals surface area contributed by atoms with Gasteiger partial charge < -0.3 is 8.83 Å².